The standard InChI is InChI=1S/C23H22BrNO4S2/c1-27-19-11-16(10-18(24)21(19)29-14-15-6-3-2-4-7-15)12-20-22(26)25(23(30)31-20)13-17-8-5-9-28-17/h2-4,6-7,10-12,17H,5,8-9,13-14H2,1H3/b20-12-/t17-/m1/s1. The van der Waals surface area contributed by atoms with E-state index in [1.807, 2.05) is 48.5 Å². The molecule has 0 N–H and O–H groups in total. The smallest absolute Gasteiger partial charge is 0.266 e. The summed E-state index contributed by atoms with van der Waals surface area (Å²) in [7, 11) is 1.60. The van der Waals surface area contributed by atoms with Crippen LogP contribution in [-0.4, -0.2) is 41.5 Å². The van der Waals surface area contributed by atoms with Crippen molar-refractivity contribution >= 4 is 56.2 Å². The van der Waals surface area contributed by atoms with E-state index in [0.717, 1.165) is 35.0 Å². The SMILES string of the molecule is COc1cc(/C=C2\SC(=S)N(C[C@H]3CCCO3)C2=O)cc(Br)c1OCc1ccccc1. The maximum absolute atomic E-state index is 12.9. The lowest BCUT2D eigenvalue weighted by Crippen LogP contribution is -2.35. The van der Waals surface area contributed by atoms with Crippen molar-refractivity contribution in [3.8, 4) is 11.5 Å². The fourth-order valence-electron chi connectivity index (χ4n) is 3.49. The van der Waals surface area contributed by atoms with Gasteiger partial charge in [0.1, 0.15) is 10.9 Å². The van der Waals surface area contributed by atoms with Gasteiger partial charge in [-0.15, -0.1) is 0 Å². The molecule has 0 radical (unpaired) electrons. The van der Waals surface area contributed by atoms with Crippen LogP contribution in [-0.2, 0) is 16.1 Å². The van der Waals surface area contributed by atoms with Gasteiger partial charge in [0.15, 0.2) is 11.5 Å². The van der Waals surface area contributed by atoms with Crippen LogP contribution < -0.4 is 9.47 Å². The maximum Gasteiger partial charge on any atom is 0.266 e. The van der Waals surface area contributed by atoms with E-state index >= 15 is 0 Å². The van der Waals surface area contributed by atoms with Crippen LogP contribution in [0.1, 0.15) is 24.0 Å². The molecule has 0 unspecified atom stereocenters. The average Bonchev–Trinajstić information content (AvgIpc) is 3.37. The van der Waals surface area contributed by atoms with Crippen molar-refractivity contribution in [2.45, 2.75) is 25.6 Å². The third kappa shape index (κ3) is 5.31. The first-order chi connectivity index (χ1) is 15.0. The number of thiocarbonyl (C=S) groups is 1. The van der Waals surface area contributed by atoms with E-state index in [0.29, 0.717) is 33.9 Å². The molecule has 2 fully saturated rings. The van der Waals surface area contributed by atoms with Gasteiger partial charge >= 0.3 is 0 Å². The Balaban J connectivity index is 1.51. The van der Waals surface area contributed by atoms with Crippen molar-refractivity contribution in [1.82, 2.24) is 4.90 Å². The molecular weight excluding hydrogens is 498 g/mol. The van der Waals surface area contributed by atoms with Crippen molar-refractivity contribution in [2.24, 2.45) is 0 Å². The molecule has 1 amide bonds. The fourth-order valence-corrected chi connectivity index (χ4v) is 5.34. The normalized spacial score (nSPS) is 20.0. The minimum absolute atomic E-state index is 0.0668. The first kappa shape index (κ1) is 22.3. The zero-order valence-electron chi connectivity index (χ0n) is 17.0. The molecule has 2 aromatic rings. The molecule has 2 heterocycles. The lowest BCUT2D eigenvalue weighted by Gasteiger charge is -2.18. The summed E-state index contributed by atoms with van der Waals surface area (Å²) in [6.45, 7) is 1.69. The lowest BCUT2D eigenvalue weighted by molar-refractivity contribution is -0.123. The zero-order chi connectivity index (χ0) is 21.8. The predicted molar refractivity (Wildman–Crippen MR) is 130 cm³/mol. The minimum atomic E-state index is -0.0787. The number of ether oxygens (including phenoxy) is 3. The Kier molecular flexibility index (Phi) is 7.32. The Morgan fingerprint density at radius 1 is 1.32 bits per heavy atom. The molecule has 8 heteroatoms. The number of nitrogens with zero attached hydrogens (tertiary/aromatic N) is 1. The average molecular weight is 520 g/mol. The largest absolute Gasteiger partial charge is 0.493 e. The summed E-state index contributed by atoms with van der Waals surface area (Å²) < 4.78 is 18.5. The molecule has 2 aliphatic heterocycles. The highest BCUT2D eigenvalue weighted by Gasteiger charge is 2.34. The summed E-state index contributed by atoms with van der Waals surface area (Å²) >= 11 is 10.3. The molecule has 0 aromatic heterocycles. The zero-order valence-corrected chi connectivity index (χ0v) is 20.2. The first-order valence-corrected chi connectivity index (χ1v) is 12.0. The van der Waals surface area contributed by atoms with Crippen molar-refractivity contribution in [1.29, 1.82) is 0 Å². The highest BCUT2D eigenvalue weighted by atomic mass is 79.9. The van der Waals surface area contributed by atoms with Gasteiger partial charge in [-0.2, -0.15) is 0 Å². The number of rotatable bonds is 7. The second-order valence-electron chi connectivity index (χ2n) is 7.24. The summed E-state index contributed by atoms with van der Waals surface area (Å²) in [5.41, 5.74) is 1.89. The number of halogens is 1. The predicted octanol–water partition coefficient (Wildman–Crippen LogP) is 5.42. The molecule has 4 rings (SSSR count). The van der Waals surface area contributed by atoms with Crippen molar-refractivity contribution in [3.63, 3.8) is 0 Å². The summed E-state index contributed by atoms with van der Waals surface area (Å²) in [4.78, 5) is 15.1. The van der Waals surface area contributed by atoms with E-state index in [-0.39, 0.29) is 12.0 Å². The molecule has 0 saturated carbocycles. The van der Waals surface area contributed by atoms with Gasteiger partial charge in [0.25, 0.3) is 5.91 Å². The van der Waals surface area contributed by atoms with E-state index in [4.69, 9.17) is 26.4 Å². The quantitative estimate of drug-likeness (QED) is 0.359. The number of thioether (sulfide) groups is 1. The van der Waals surface area contributed by atoms with Gasteiger partial charge in [-0.3, -0.25) is 9.69 Å². The maximum atomic E-state index is 12.9. The van der Waals surface area contributed by atoms with Gasteiger partial charge in [-0.1, -0.05) is 54.3 Å². The first-order valence-electron chi connectivity index (χ1n) is 9.96. The second kappa shape index (κ2) is 10.2. The molecule has 0 spiro atoms. The number of hydrogen-bond acceptors (Lipinski definition) is 6. The van der Waals surface area contributed by atoms with Crippen molar-refractivity contribution < 1.29 is 19.0 Å². The van der Waals surface area contributed by atoms with E-state index in [9.17, 15) is 4.79 Å². The number of amides is 1. The molecule has 0 bridgehead atoms. The highest BCUT2D eigenvalue weighted by molar-refractivity contribution is 9.10. The van der Waals surface area contributed by atoms with Crippen molar-refractivity contribution in [3.05, 3.63) is 63.0 Å². The Morgan fingerprint density at radius 3 is 2.84 bits per heavy atom. The minimum Gasteiger partial charge on any atom is -0.493 e. The van der Waals surface area contributed by atoms with Crippen LogP contribution in [0, 0.1) is 0 Å². The number of carbonyl (C=O) groups is 1. The summed E-state index contributed by atoms with van der Waals surface area (Å²) in [5, 5.41) is 0. The Labute approximate surface area is 199 Å². The van der Waals surface area contributed by atoms with Crippen molar-refractivity contribution in [2.75, 3.05) is 20.3 Å². The summed E-state index contributed by atoms with van der Waals surface area (Å²) in [6.07, 6.45) is 3.90. The molecule has 5 nitrogen and oxygen atoms in total. The van der Waals surface area contributed by atoms with Gasteiger partial charge < -0.3 is 14.2 Å². The molecule has 0 aliphatic carbocycles. The Bertz CT molecular complexity index is 1010. The van der Waals surface area contributed by atoms with Crippen LogP contribution >= 0.6 is 39.9 Å². The van der Waals surface area contributed by atoms with Gasteiger partial charge in [0.05, 0.1) is 29.1 Å². The number of hydrogen-bond donors (Lipinski definition) is 0. The summed E-state index contributed by atoms with van der Waals surface area (Å²) in [6, 6.07) is 13.7. The topological polar surface area (TPSA) is 48.0 Å². The molecule has 162 valence electrons. The van der Waals surface area contributed by atoms with Crippen LogP contribution in [0.4, 0.5) is 0 Å². The summed E-state index contributed by atoms with van der Waals surface area (Å²) in [5.74, 6) is 1.13. The van der Waals surface area contributed by atoms with Gasteiger partial charge in [0, 0.05) is 6.61 Å². The van der Waals surface area contributed by atoms with E-state index in [1.165, 1.54) is 11.8 Å². The lowest BCUT2D eigenvalue weighted by atomic mass is 10.1. The molecular formula is C23H22BrNO4S2. The van der Waals surface area contributed by atoms with E-state index in [1.54, 1.807) is 12.0 Å². The Hall–Kier alpha value is -1.87. The molecule has 2 aliphatic rings. The molecule has 31 heavy (non-hydrogen) atoms. The van der Waals surface area contributed by atoms with E-state index < -0.39 is 0 Å². The van der Waals surface area contributed by atoms with Gasteiger partial charge in [0.2, 0.25) is 0 Å². The van der Waals surface area contributed by atoms with Crippen LogP contribution in [0.5, 0.6) is 11.5 Å². The monoisotopic (exact) mass is 519 g/mol. The highest BCUT2D eigenvalue weighted by Crippen LogP contribution is 2.39. The van der Waals surface area contributed by atoms with Gasteiger partial charge in [-0.25, -0.2) is 0 Å². The second-order valence-corrected chi connectivity index (χ2v) is 9.77. The fraction of sp³-hybridized carbons (Fsp3) is 0.304. The van der Waals surface area contributed by atoms with Crippen LogP contribution in [0.3, 0.4) is 0 Å². The van der Waals surface area contributed by atoms with E-state index in [2.05, 4.69) is 15.9 Å². The molecule has 2 aromatic carbocycles. The van der Waals surface area contributed by atoms with Crippen LogP contribution in [0.25, 0.3) is 6.08 Å². The van der Waals surface area contributed by atoms with Crippen LogP contribution in [0.15, 0.2) is 51.8 Å². The number of methoxy groups -OCH3 is 1. The molecule has 1 atom stereocenters. The molecule has 2 saturated heterocycles. The number of benzene rings is 2. The third-order valence-corrected chi connectivity index (χ3v) is 7.03. The van der Waals surface area contributed by atoms with Crippen LogP contribution in [0.2, 0.25) is 0 Å². The number of carbonyl (C=O) groups excluding carboxylic acids is 1. The Morgan fingerprint density at radius 2 is 2.13 bits per heavy atom. The third-order valence-electron chi connectivity index (χ3n) is 5.06. The van der Waals surface area contributed by atoms with Gasteiger partial charge in [-0.05, 0) is 58.1 Å².